The summed E-state index contributed by atoms with van der Waals surface area (Å²) in [5.74, 6) is 1.29. The minimum absolute atomic E-state index is 0. The molecular formula is C17H17ClN4. The number of nitrogens with one attached hydrogen (secondary N) is 1. The highest BCUT2D eigenvalue weighted by Crippen LogP contribution is 2.25. The summed E-state index contributed by atoms with van der Waals surface area (Å²) in [5, 5.41) is 4.08. The minimum Gasteiger partial charge on any atom is -0.370 e. The highest BCUT2D eigenvalue weighted by Gasteiger charge is 2.12. The van der Waals surface area contributed by atoms with E-state index in [0.29, 0.717) is 11.7 Å². The Bertz CT molecular complexity index is 800. The second-order valence-corrected chi connectivity index (χ2v) is 4.60. The quantitative estimate of drug-likeness (QED) is 0.583. The number of nitrogens with zero attached hydrogens (tertiary/aromatic N) is 3. The van der Waals surface area contributed by atoms with Gasteiger partial charge in [-0.3, -0.25) is 4.99 Å². The first-order valence-corrected chi connectivity index (χ1v) is 6.80. The van der Waals surface area contributed by atoms with Crippen LogP contribution in [0.1, 0.15) is 5.82 Å². The van der Waals surface area contributed by atoms with Gasteiger partial charge < -0.3 is 5.32 Å². The Morgan fingerprint density at radius 3 is 2.32 bits per heavy atom. The molecule has 3 aromatic rings. The van der Waals surface area contributed by atoms with Crippen molar-refractivity contribution in [3.8, 4) is 11.3 Å². The molecule has 0 fully saturated rings. The molecule has 1 heterocycles. The summed E-state index contributed by atoms with van der Waals surface area (Å²) in [6.07, 6.45) is 0. The van der Waals surface area contributed by atoms with Crippen molar-refractivity contribution < 1.29 is 0 Å². The summed E-state index contributed by atoms with van der Waals surface area (Å²) in [7, 11) is 3.55. The Morgan fingerprint density at radius 2 is 1.64 bits per heavy atom. The molecule has 0 saturated heterocycles. The Morgan fingerprint density at radius 1 is 0.955 bits per heavy atom. The lowest BCUT2D eigenvalue weighted by atomic mass is 10.1. The average Bonchev–Trinajstić information content (AvgIpc) is 2.56. The largest absolute Gasteiger partial charge is 0.370 e. The van der Waals surface area contributed by atoms with Gasteiger partial charge in [0.2, 0.25) is 0 Å². The highest BCUT2D eigenvalue weighted by molar-refractivity contribution is 6.00. The number of benzene rings is 2. The van der Waals surface area contributed by atoms with Crippen molar-refractivity contribution in [2.75, 3.05) is 14.1 Å². The van der Waals surface area contributed by atoms with Crippen LogP contribution >= 0.6 is 12.4 Å². The number of aromatic nitrogens is 2. The van der Waals surface area contributed by atoms with Crippen LogP contribution in [0.3, 0.4) is 0 Å². The summed E-state index contributed by atoms with van der Waals surface area (Å²) in [5.41, 5.74) is 2.91. The maximum atomic E-state index is 4.71. The number of hydrogen-bond donors (Lipinski definition) is 1. The number of hydrogen-bond acceptors (Lipinski definition) is 3. The van der Waals surface area contributed by atoms with Crippen LogP contribution in [0.5, 0.6) is 0 Å². The van der Waals surface area contributed by atoms with Crippen LogP contribution in [-0.2, 0) is 0 Å². The van der Waals surface area contributed by atoms with E-state index >= 15 is 0 Å². The molecule has 5 heteroatoms. The van der Waals surface area contributed by atoms with Crippen molar-refractivity contribution in [3.05, 3.63) is 60.4 Å². The highest BCUT2D eigenvalue weighted by atomic mass is 35.5. The number of para-hydroxylation sites is 1. The molecule has 112 valence electrons. The smallest absolute Gasteiger partial charge is 0.196 e. The van der Waals surface area contributed by atoms with Gasteiger partial charge in [-0.05, 0) is 6.07 Å². The van der Waals surface area contributed by atoms with Gasteiger partial charge in [-0.1, -0.05) is 48.5 Å². The molecule has 0 saturated carbocycles. The van der Waals surface area contributed by atoms with Crippen molar-refractivity contribution in [3.63, 3.8) is 0 Å². The van der Waals surface area contributed by atoms with Crippen LogP contribution in [0.15, 0.2) is 59.6 Å². The lowest BCUT2D eigenvalue weighted by Crippen LogP contribution is -2.22. The third-order valence-corrected chi connectivity index (χ3v) is 3.32. The molecule has 0 atom stereocenters. The van der Waals surface area contributed by atoms with Crippen LogP contribution in [-0.4, -0.2) is 29.9 Å². The third-order valence-electron chi connectivity index (χ3n) is 3.32. The van der Waals surface area contributed by atoms with Gasteiger partial charge in [0, 0.05) is 25.0 Å². The molecule has 0 amide bonds. The third kappa shape index (κ3) is 2.92. The van der Waals surface area contributed by atoms with Gasteiger partial charge in [0.05, 0.1) is 11.2 Å². The lowest BCUT2D eigenvalue weighted by Gasteiger charge is -2.10. The topological polar surface area (TPSA) is 50.2 Å². The fourth-order valence-corrected chi connectivity index (χ4v) is 2.32. The molecule has 0 spiro atoms. The standard InChI is InChI=1S/C17H16N4.ClH/c1-18-16(19-2)17-20-14-11-7-6-10-13(14)15(21-17)12-8-4-3-5-9-12;/h3-11H,1-2H3,(H,18,19);1H. The second kappa shape index (κ2) is 7.00. The Kier molecular flexibility index (Phi) is 5.07. The van der Waals surface area contributed by atoms with Gasteiger partial charge in [-0.15, -0.1) is 12.4 Å². The van der Waals surface area contributed by atoms with E-state index in [1.54, 1.807) is 7.05 Å². The molecule has 22 heavy (non-hydrogen) atoms. The number of halogens is 1. The molecule has 0 aliphatic carbocycles. The summed E-state index contributed by atoms with van der Waals surface area (Å²) in [6.45, 7) is 0. The number of rotatable bonds is 2. The van der Waals surface area contributed by atoms with Gasteiger partial charge in [-0.2, -0.15) is 0 Å². The van der Waals surface area contributed by atoms with Crippen LogP contribution in [0, 0.1) is 0 Å². The van der Waals surface area contributed by atoms with E-state index in [0.717, 1.165) is 22.2 Å². The summed E-state index contributed by atoms with van der Waals surface area (Å²) >= 11 is 0. The first-order valence-electron chi connectivity index (χ1n) is 6.80. The monoisotopic (exact) mass is 312 g/mol. The zero-order chi connectivity index (χ0) is 14.7. The van der Waals surface area contributed by atoms with Crippen LogP contribution in [0.4, 0.5) is 0 Å². The Balaban J connectivity index is 0.00000176. The molecule has 0 aliphatic heterocycles. The molecular weight excluding hydrogens is 296 g/mol. The zero-order valence-electron chi connectivity index (χ0n) is 12.4. The first kappa shape index (κ1) is 15.9. The number of aliphatic imine (C=N–C) groups is 1. The SMILES string of the molecule is CN=C(NC)c1nc(-c2ccccc2)c2ccccc2n1.Cl. The molecule has 0 aliphatic rings. The maximum Gasteiger partial charge on any atom is 0.196 e. The normalized spacial score (nSPS) is 11.1. The van der Waals surface area contributed by atoms with Crippen LogP contribution < -0.4 is 5.32 Å². The molecule has 1 N–H and O–H groups in total. The average molecular weight is 313 g/mol. The number of amidine groups is 1. The molecule has 0 radical (unpaired) electrons. The van der Waals surface area contributed by atoms with E-state index < -0.39 is 0 Å². The maximum absolute atomic E-state index is 4.71. The van der Waals surface area contributed by atoms with Crippen LogP contribution in [0.2, 0.25) is 0 Å². The van der Waals surface area contributed by atoms with E-state index in [1.807, 2.05) is 49.5 Å². The van der Waals surface area contributed by atoms with E-state index in [2.05, 4.69) is 27.4 Å². The summed E-state index contributed by atoms with van der Waals surface area (Å²) in [6, 6.07) is 18.2. The van der Waals surface area contributed by atoms with Crippen LogP contribution in [0.25, 0.3) is 22.2 Å². The first-order chi connectivity index (χ1) is 10.3. The van der Waals surface area contributed by atoms with Crippen molar-refractivity contribution in [1.82, 2.24) is 15.3 Å². The minimum atomic E-state index is 0. The van der Waals surface area contributed by atoms with Crippen molar-refractivity contribution in [2.45, 2.75) is 0 Å². The van der Waals surface area contributed by atoms with Crippen molar-refractivity contribution in [1.29, 1.82) is 0 Å². The zero-order valence-corrected chi connectivity index (χ0v) is 13.3. The van der Waals surface area contributed by atoms with Crippen molar-refractivity contribution in [2.24, 2.45) is 4.99 Å². The molecule has 0 bridgehead atoms. The predicted molar refractivity (Wildman–Crippen MR) is 93.7 cm³/mol. The Labute approximate surface area is 135 Å². The van der Waals surface area contributed by atoms with Gasteiger partial charge in [0.15, 0.2) is 11.7 Å². The fraction of sp³-hybridized carbons (Fsp3) is 0.118. The van der Waals surface area contributed by atoms with Crippen molar-refractivity contribution >= 4 is 29.1 Å². The second-order valence-electron chi connectivity index (χ2n) is 4.60. The van der Waals surface area contributed by atoms with Gasteiger partial charge >= 0.3 is 0 Å². The predicted octanol–water partition coefficient (Wildman–Crippen LogP) is 3.31. The van der Waals surface area contributed by atoms with E-state index in [-0.39, 0.29) is 12.4 Å². The van der Waals surface area contributed by atoms with Gasteiger partial charge in [0.1, 0.15) is 0 Å². The molecule has 1 aromatic heterocycles. The molecule has 3 rings (SSSR count). The number of fused-ring (bicyclic) bond motifs is 1. The van der Waals surface area contributed by atoms with E-state index in [4.69, 9.17) is 4.98 Å². The molecule has 4 nitrogen and oxygen atoms in total. The Hall–Kier alpha value is -2.46. The van der Waals surface area contributed by atoms with Gasteiger partial charge in [0.25, 0.3) is 0 Å². The van der Waals surface area contributed by atoms with E-state index in [1.165, 1.54) is 0 Å². The van der Waals surface area contributed by atoms with Gasteiger partial charge in [-0.25, -0.2) is 9.97 Å². The van der Waals surface area contributed by atoms with E-state index in [9.17, 15) is 0 Å². The molecule has 2 aromatic carbocycles. The summed E-state index contributed by atoms with van der Waals surface area (Å²) < 4.78 is 0. The molecule has 0 unspecified atom stereocenters. The lowest BCUT2D eigenvalue weighted by molar-refractivity contribution is 1.08. The summed E-state index contributed by atoms with van der Waals surface area (Å²) in [4.78, 5) is 13.5. The fourth-order valence-electron chi connectivity index (χ4n) is 2.32.